The molecule has 0 bridgehead atoms. The molecule has 1 aliphatic carbocycles. The number of hydrogen-bond acceptors (Lipinski definition) is 4. The summed E-state index contributed by atoms with van der Waals surface area (Å²) in [6, 6.07) is 3.86. The van der Waals surface area contributed by atoms with Crippen molar-refractivity contribution in [2.24, 2.45) is 4.99 Å². The molecule has 0 aliphatic heterocycles. The third kappa shape index (κ3) is 9.02. The van der Waals surface area contributed by atoms with Crippen LogP contribution in [0.15, 0.2) is 23.3 Å². The molecule has 1 saturated carbocycles. The predicted octanol–water partition coefficient (Wildman–Crippen LogP) is 3.50. The number of aromatic nitrogens is 1. The van der Waals surface area contributed by atoms with Gasteiger partial charge in [-0.15, -0.1) is 24.0 Å². The highest BCUT2D eigenvalue weighted by Gasteiger charge is 2.12. The largest absolute Gasteiger partial charge is 0.481 e. The second-order valence-electron chi connectivity index (χ2n) is 6.31. The van der Waals surface area contributed by atoms with Crippen LogP contribution in [0.3, 0.4) is 0 Å². The number of methoxy groups -OCH3 is 1. The zero-order valence-electron chi connectivity index (χ0n) is 16.0. The van der Waals surface area contributed by atoms with E-state index in [4.69, 9.17) is 9.47 Å². The van der Waals surface area contributed by atoms with Gasteiger partial charge in [0.25, 0.3) is 0 Å². The molecule has 0 atom stereocenters. The SMILES string of the molecule is CCNC(=NCc1ccnc(OC)c1)NCCCOC1CCCCC1.I. The van der Waals surface area contributed by atoms with Crippen molar-refractivity contribution in [1.82, 2.24) is 15.6 Å². The molecule has 0 unspecified atom stereocenters. The number of halogens is 1. The van der Waals surface area contributed by atoms with E-state index in [1.807, 2.05) is 12.1 Å². The highest BCUT2D eigenvalue weighted by molar-refractivity contribution is 14.0. The topological polar surface area (TPSA) is 67.8 Å². The third-order valence-corrected chi connectivity index (χ3v) is 4.29. The molecule has 0 radical (unpaired) electrons. The number of ether oxygens (including phenoxy) is 2. The minimum atomic E-state index is 0. The number of aliphatic imine (C=N–C) groups is 1. The van der Waals surface area contributed by atoms with Crippen LogP contribution in [-0.4, -0.2) is 43.9 Å². The number of rotatable bonds is 9. The van der Waals surface area contributed by atoms with Crippen molar-refractivity contribution in [2.75, 3.05) is 26.8 Å². The van der Waals surface area contributed by atoms with Gasteiger partial charge in [0, 0.05) is 32.0 Å². The van der Waals surface area contributed by atoms with Crippen LogP contribution < -0.4 is 15.4 Å². The van der Waals surface area contributed by atoms with Crippen LogP contribution in [0.1, 0.15) is 51.0 Å². The van der Waals surface area contributed by atoms with Crippen LogP contribution in [0.25, 0.3) is 0 Å². The van der Waals surface area contributed by atoms with E-state index in [9.17, 15) is 0 Å². The summed E-state index contributed by atoms with van der Waals surface area (Å²) >= 11 is 0. The molecule has 1 heterocycles. The van der Waals surface area contributed by atoms with Gasteiger partial charge in [-0.05, 0) is 37.8 Å². The van der Waals surface area contributed by atoms with Gasteiger partial charge < -0.3 is 20.1 Å². The van der Waals surface area contributed by atoms with E-state index in [0.29, 0.717) is 18.5 Å². The summed E-state index contributed by atoms with van der Waals surface area (Å²) in [5.74, 6) is 1.45. The maximum atomic E-state index is 5.96. The van der Waals surface area contributed by atoms with Crippen LogP contribution >= 0.6 is 24.0 Å². The minimum absolute atomic E-state index is 0. The zero-order valence-corrected chi connectivity index (χ0v) is 18.3. The van der Waals surface area contributed by atoms with E-state index in [1.54, 1.807) is 13.3 Å². The van der Waals surface area contributed by atoms with Crippen molar-refractivity contribution in [1.29, 1.82) is 0 Å². The van der Waals surface area contributed by atoms with E-state index >= 15 is 0 Å². The number of hydrogen-bond donors (Lipinski definition) is 2. The summed E-state index contributed by atoms with van der Waals surface area (Å²) in [4.78, 5) is 8.73. The molecule has 1 aromatic rings. The fourth-order valence-corrected chi connectivity index (χ4v) is 2.93. The van der Waals surface area contributed by atoms with Crippen molar-refractivity contribution < 1.29 is 9.47 Å². The predicted molar refractivity (Wildman–Crippen MR) is 116 cm³/mol. The standard InChI is InChI=1S/C19H32N4O2.HI/c1-3-20-19(23-15-16-10-12-21-18(14-16)24-2)22-11-7-13-25-17-8-5-4-6-9-17;/h10,12,14,17H,3-9,11,13,15H2,1-2H3,(H2,20,22,23);1H. The smallest absolute Gasteiger partial charge is 0.213 e. The van der Waals surface area contributed by atoms with E-state index < -0.39 is 0 Å². The van der Waals surface area contributed by atoms with Crippen molar-refractivity contribution in [3.63, 3.8) is 0 Å². The summed E-state index contributed by atoms with van der Waals surface area (Å²) in [5, 5.41) is 6.64. The maximum absolute atomic E-state index is 5.96. The quantitative estimate of drug-likeness (QED) is 0.247. The molecule has 0 aromatic carbocycles. The average molecular weight is 476 g/mol. The van der Waals surface area contributed by atoms with E-state index in [1.165, 1.54) is 32.1 Å². The normalized spacial score (nSPS) is 15.2. The van der Waals surface area contributed by atoms with Crippen LogP contribution in [0.5, 0.6) is 5.88 Å². The van der Waals surface area contributed by atoms with Crippen molar-refractivity contribution in [2.45, 2.75) is 58.1 Å². The van der Waals surface area contributed by atoms with Crippen molar-refractivity contribution in [3.05, 3.63) is 23.9 Å². The lowest BCUT2D eigenvalue weighted by Crippen LogP contribution is -2.38. The lowest BCUT2D eigenvalue weighted by atomic mass is 9.98. The molecule has 148 valence electrons. The number of nitrogens with zero attached hydrogens (tertiary/aromatic N) is 2. The first-order valence-electron chi connectivity index (χ1n) is 9.44. The average Bonchev–Trinajstić information content (AvgIpc) is 2.66. The summed E-state index contributed by atoms with van der Waals surface area (Å²) < 4.78 is 11.1. The fraction of sp³-hybridized carbons (Fsp3) is 0.684. The van der Waals surface area contributed by atoms with Crippen LogP contribution in [0, 0.1) is 0 Å². The Kier molecular flexibility index (Phi) is 12.4. The molecule has 2 rings (SSSR count). The Morgan fingerprint density at radius 3 is 2.81 bits per heavy atom. The Hall–Kier alpha value is -1.09. The minimum Gasteiger partial charge on any atom is -0.481 e. The van der Waals surface area contributed by atoms with Crippen LogP contribution in [0.4, 0.5) is 0 Å². The molecule has 1 fully saturated rings. The van der Waals surface area contributed by atoms with Gasteiger partial charge in [0.05, 0.1) is 19.8 Å². The Bertz CT molecular complexity index is 522. The first-order chi connectivity index (χ1) is 12.3. The zero-order chi connectivity index (χ0) is 17.7. The van der Waals surface area contributed by atoms with Crippen LogP contribution in [0.2, 0.25) is 0 Å². The van der Waals surface area contributed by atoms with Gasteiger partial charge in [-0.25, -0.2) is 9.98 Å². The molecular weight excluding hydrogens is 443 g/mol. The van der Waals surface area contributed by atoms with Gasteiger partial charge in [-0.3, -0.25) is 0 Å². The van der Waals surface area contributed by atoms with Crippen molar-refractivity contribution in [3.8, 4) is 5.88 Å². The molecule has 6 nitrogen and oxygen atoms in total. The third-order valence-electron chi connectivity index (χ3n) is 4.29. The molecule has 7 heteroatoms. The van der Waals surface area contributed by atoms with Gasteiger partial charge in [0.2, 0.25) is 5.88 Å². The van der Waals surface area contributed by atoms with Gasteiger partial charge in [0.1, 0.15) is 0 Å². The molecule has 1 aliphatic rings. The van der Waals surface area contributed by atoms with Gasteiger partial charge in [-0.2, -0.15) is 0 Å². The van der Waals surface area contributed by atoms with Crippen molar-refractivity contribution >= 4 is 29.9 Å². The number of pyridine rings is 1. The second kappa shape index (κ2) is 14.0. The molecule has 0 spiro atoms. The van der Waals surface area contributed by atoms with Gasteiger partial charge in [0.15, 0.2) is 5.96 Å². The van der Waals surface area contributed by atoms with Gasteiger partial charge >= 0.3 is 0 Å². The first-order valence-corrected chi connectivity index (χ1v) is 9.44. The highest BCUT2D eigenvalue weighted by atomic mass is 127. The summed E-state index contributed by atoms with van der Waals surface area (Å²) in [6.45, 7) is 5.17. The van der Waals surface area contributed by atoms with Crippen LogP contribution in [-0.2, 0) is 11.3 Å². The highest BCUT2D eigenvalue weighted by Crippen LogP contribution is 2.20. The summed E-state index contributed by atoms with van der Waals surface area (Å²) in [6.07, 6.45) is 9.68. The number of nitrogens with one attached hydrogen (secondary N) is 2. The van der Waals surface area contributed by atoms with E-state index in [0.717, 1.165) is 37.6 Å². The second-order valence-corrected chi connectivity index (χ2v) is 6.31. The Labute approximate surface area is 174 Å². The molecule has 26 heavy (non-hydrogen) atoms. The molecular formula is C19H33IN4O2. The Morgan fingerprint density at radius 1 is 1.27 bits per heavy atom. The number of guanidine groups is 1. The molecule has 1 aromatic heterocycles. The summed E-state index contributed by atoms with van der Waals surface area (Å²) in [5.41, 5.74) is 1.07. The molecule has 2 N–H and O–H groups in total. The van der Waals surface area contributed by atoms with E-state index in [-0.39, 0.29) is 24.0 Å². The molecule has 0 amide bonds. The van der Waals surface area contributed by atoms with E-state index in [2.05, 4.69) is 27.5 Å². The lowest BCUT2D eigenvalue weighted by Gasteiger charge is -2.22. The summed E-state index contributed by atoms with van der Waals surface area (Å²) in [7, 11) is 1.62. The first kappa shape index (κ1) is 23.0. The fourth-order valence-electron chi connectivity index (χ4n) is 2.93. The lowest BCUT2D eigenvalue weighted by molar-refractivity contribution is 0.0277. The Morgan fingerprint density at radius 2 is 2.08 bits per heavy atom. The maximum Gasteiger partial charge on any atom is 0.213 e. The Balaban J connectivity index is 0.00000338. The van der Waals surface area contributed by atoms with Gasteiger partial charge in [-0.1, -0.05) is 19.3 Å². The monoisotopic (exact) mass is 476 g/mol. The molecule has 0 saturated heterocycles.